The Hall–Kier alpha value is -0.680. The highest BCUT2D eigenvalue weighted by Crippen LogP contribution is 2.19. The molecule has 1 aliphatic heterocycles. The summed E-state index contributed by atoms with van der Waals surface area (Å²) in [6.45, 7) is 5.38. The molecule has 0 spiro atoms. The van der Waals surface area contributed by atoms with Crippen LogP contribution >= 0.6 is 12.2 Å². The number of hydrogen-bond acceptors (Lipinski definition) is 3. The Morgan fingerprint density at radius 3 is 2.65 bits per heavy atom. The number of methoxy groups -OCH3 is 1. The lowest BCUT2D eigenvalue weighted by molar-refractivity contribution is -0.138. The van der Waals surface area contributed by atoms with Gasteiger partial charge in [-0.15, -0.1) is 0 Å². The van der Waals surface area contributed by atoms with Gasteiger partial charge in [0.2, 0.25) is 5.91 Å². The van der Waals surface area contributed by atoms with Gasteiger partial charge in [-0.1, -0.05) is 26.1 Å². The fourth-order valence-electron chi connectivity index (χ4n) is 2.26. The van der Waals surface area contributed by atoms with Gasteiger partial charge in [0.05, 0.1) is 17.0 Å². The van der Waals surface area contributed by atoms with Crippen molar-refractivity contribution < 1.29 is 9.53 Å². The number of ether oxygens (including phenoxy) is 1. The summed E-state index contributed by atoms with van der Waals surface area (Å²) in [6.07, 6.45) is 2.14. The standard InChI is InChI=1S/C12H22N2O2S/c1-8(2)10(11(13)17)12(15)14-6-4-5-9(7-14)16-3/h8-10H,4-7H2,1-3H3,(H2,13,17). The molecule has 1 rings (SSSR count). The van der Waals surface area contributed by atoms with Crippen molar-refractivity contribution >= 4 is 23.1 Å². The maximum atomic E-state index is 12.3. The first-order chi connectivity index (χ1) is 7.97. The Morgan fingerprint density at radius 1 is 1.53 bits per heavy atom. The highest BCUT2D eigenvalue weighted by Gasteiger charge is 2.32. The number of likely N-dealkylation sites (tertiary alicyclic amines) is 1. The van der Waals surface area contributed by atoms with Gasteiger partial charge in [-0.05, 0) is 18.8 Å². The molecule has 0 aliphatic carbocycles. The number of hydrogen-bond donors (Lipinski definition) is 1. The van der Waals surface area contributed by atoms with Gasteiger partial charge >= 0.3 is 0 Å². The number of amides is 1. The molecule has 1 saturated heterocycles. The molecule has 1 amide bonds. The Bertz CT molecular complexity index is 294. The molecule has 98 valence electrons. The van der Waals surface area contributed by atoms with Crippen LogP contribution in [0.15, 0.2) is 0 Å². The Kier molecular flexibility index (Phi) is 5.33. The summed E-state index contributed by atoms with van der Waals surface area (Å²) < 4.78 is 5.31. The van der Waals surface area contributed by atoms with Crippen LogP contribution in [0.1, 0.15) is 26.7 Å². The summed E-state index contributed by atoms with van der Waals surface area (Å²) in [7, 11) is 1.69. The predicted octanol–water partition coefficient (Wildman–Crippen LogP) is 1.18. The summed E-state index contributed by atoms with van der Waals surface area (Å²) in [6, 6.07) is 0. The van der Waals surface area contributed by atoms with Crippen LogP contribution < -0.4 is 5.73 Å². The van der Waals surface area contributed by atoms with Crippen LogP contribution in [0.2, 0.25) is 0 Å². The first kappa shape index (κ1) is 14.4. The average molecular weight is 258 g/mol. The van der Waals surface area contributed by atoms with E-state index >= 15 is 0 Å². The third kappa shape index (κ3) is 3.64. The van der Waals surface area contributed by atoms with Gasteiger partial charge in [0, 0.05) is 20.2 Å². The molecular formula is C12H22N2O2S. The van der Waals surface area contributed by atoms with Gasteiger partial charge in [0.1, 0.15) is 0 Å². The van der Waals surface area contributed by atoms with Crippen LogP contribution in [0, 0.1) is 11.8 Å². The van der Waals surface area contributed by atoms with Crippen molar-refractivity contribution in [2.45, 2.75) is 32.8 Å². The van der Waals surface area contributed by atoms with E-state index in [0.29, 0.717) is 11.5 Å². The van der Waals surface area contributed by atoms with Crippen molar-refractivity contribution in [3.05, 3.63) is 0 Å². The minimum absolute atomic E-state index is 0.0502. The molecule has 0 saturated carbocycles. The van der Waals surface area contributed by atoms with Crippen molar-refractivity contribution in [1.29, 1.82) is 0 Å². The molecule has 17 heavy (non-hydrogen) atoms. The van der Waals surface area contributed by atoms with Crippen LogP contribution in [0.25, 0.3) is 0 Å². The van der Waals surface area contributed by atoms with E-state index in [1.807, 2.05) is 18.7 Å². The zero-order valence-corrected chi connectivity index (χ0v) is 11.6. The molecule has 1 aliphatic rings. The molecule has 2 N–H and O–H groups in total. The average Bonchev–Trinajstić information content (AvgIpc) is 2.28. The third-order valence-electron chi connectivity index (χ3n) is 3.26. The molecule has 0 radical (unpaired) electrons. The zero-order valence-electron chi connectivity index (χ0n) is 10.8. The second-order valence-electron chi connectivity index (χ2n) is 4.91. The second-order valence-corrected chi connectivity index (χ2v) is 5.38. The van der Waals surface area contributed by atoms with Gasteiger partial charge < -0.3 is 15.4 Å². The van der Waals surface area contributed by atoms with Crippen LogP contribution in [0.5, 0.6) is 0 Å². The number of nitrogens with two attached hydrogens (primary N) is 1. The molecule has 1 heterocycles. The number of thiocarbonyl (C=S) groups is 1. The normalized spacial score (nSPS) is 22.6. The SMILES string of the molecule is COC1CCCN(C(=O)C(C(N)=S)C(C)C)C1. The maximum absolute atomic E-state index is 12.3. The monoisotopic (exact) mass is 258 g/mol. The largest absolute Gasteiger partial charge is 0.393 e. The van der Waals surface area contributed by atoms with Crippen LogP contribution in [-0.2, 0) is 9.53 Å². The number of carbonyl (C=O) groups excluding carboxylic acids is 1. The summed E-state index contributed by atoms with van der Waals surface area (Å²) in [5, 5.41) is 0. The molecule has 0 aromatic carbocycles. The minimum Gasteiger partial charge on any atom is -0.393 e. The van der Waals surface area contributed by atoms with E-state index in [9.17, 15) is 4.79 Å². The molecule has 2 unspecified atom stereocenters. The Morgan fingerprint density at radius 2 is 2.18 bits per heavy atom. The van der Waals surface area contributed by atoms with E-state index in [4.69, 9.17) is 22.7 Å². The summed E-state index contributed by atoms with van der Waals surface area (Å²) >= 11 is 5.00. The zero-order chi connectivity index (χ0) is 13.0. The number of piperidine rings is 1. The summed E-state index contributed by atoms with van der Waals surface area (Å²) in [5.41, 5.74) is 5.67. The van der Waals surface area contributed by atoms with Gasteiger partial charge in [-0.25, -0.2) is 0 Å². The highest BCUT2D eigenvalue weighted by atomic mass is 32.1. The van der Waals surface area contributed by atoms with Crippen molar-refractivity contribution in [3.63, 3.8) is 0 Å². The van der Waals surface area contributed by atoms with Gasteiger partial charge in [-0.2, -0.15) is 0 Å². The van der Waals surface area contributed by atoms with Crippen LogP contribution in [-0.4, -0.2) is 42.1 Å². The van der Waals surface area contributed by atoms with Gasteiger partial charge in [0.25, 0.3) is 0 Å². The number of rotatable bonds is 4. The van der Waals surface area contributed by atoms with E-state index in [1.54, 1.807) is 7.11 Å². The first-order valence-electron chi connectivity index (χ1n) is 6.08. The van der Waals surface area contributed by atoms with E-state index in [-0.39, 0.29) is 23.8 Å². The Balaban J connectivity index is 2.70. The molecule has 2 atom stereocenters. The second kappa shape index (κ2) is 6.31. The number of nitrogens with zero attached hydrogens (tertiary/aromatic N) is 1. The smallest absolute Gasteiger partial charge is 0.232 e. The van der Waals surface area contributed by atoms with Crippen molar-refractivity contribution in [2.75, 3.05) is 20.2 Å². The van der Waals surface area contributed by atoms with Crippen molar-refractivity contribution in [3.8, 4) is 0 Å². The lowest BCUT2D eigenvalue weighted by Gasteiger charge is -2.35. The van der Waals surface area contributed by atoms with Gasteiger partial charge in [0.15, 0.2) is 0 Å². The maximum Gasteiger partial charge on any atom is 0.232 e. The number of carbonyl (C=O) groups is 1. The molecule has 5 heteroatoms. The van der Waals surface area contributed by atoms with Gasteiger partial charge in [-0.3, -0.25) is 4.79 Å². The molecule has 0 aromatic rings. The fraction of sp³-hybridized carbons (Fsp3) is 0.833. The minimum atomic E-state index is -0.347. The molecule has 1 fully saturated rings. The van der Waals surface area contributed by atoms with E-state index in [1.165, 1.54) is 0 Å². The highest BCUT2D eigenvalue weighted by molar-refractivity contribution is 7.80. The van der Waals surface area contributed by atoms with Crippen LogP contribution in [0.3, 0.4) is 0 Å². The summed E-state index contributed by atoms with van der Waals surface area (Å²) in [5.74, 6) is -0.155. The third-order valence-corrected chi connectivity index (χ3v) is 3.52. The van der Waals surface area contributed by atoms with Crippen LogP contribution in [0.4, 0.5) is 0 Å². The van der Waals surface area contributed by atoms with Crippen molar-refractivity contribution in [1.82, 2.24) is 4.90 Å². The molecule has 0 bridgehead atoms. The predicted molar refractivity (Wildman–Crippen MR) is 71.7 cm³/mol. The first-order valence-corrected chi connectivity index (χ1v) is 6.49. The molecule has 4 nitrogen and oxygen atoms in total. The quantitative estimate of drug-likeness (QED) is 0.769. The Labute approximate surface area is 108 Å². The fourth-order valence-corrected chi connectivity index (χ4v) is 2.64. The summed E-state index contributed by atoms with van der Waals surface area (Å²) in [4.78, 5) is 14.5. The van der Waals surface area contributed by atoms with E-state index in [0.717, 1.165) is 19.4 Å². The van der Waals surface area contributed by atoms with E-state index < -0.39 is 0 Å². The molecular weight excluding hydrogens is 236 g/mol. The lowest BCUT2D eigenvalue weighted by atomic mass is 9.93. The van der Waals surface area contributed by atoms with Crippen molar-refractivity contribution in [2.24, 2.45) is 17.6 Å². The molecule has 0 aromatic heterocycles. The topological polar surface area (TPSA) is 55.6 Å². The van der Waals surface area contributed by atoms with E-state index in [2.05, 4.69) is 0 Å². The lowest BCUT2D eigenvalue weighted by Crippen LogP contribution is -2.49.